The highest BCUT2D eigenvalue weighted by Gasteiger charge is 2.26. The molecular formula is C20H25N5OS. The van der Waals surface area contributed by atoms with Crippen molar-refractivity contribution in [3.63, 3.8) is 0 Å². The maximum atomic E-state index is 13.3. The van der Waals surface area contributed by atoms with Gasteiger partial charge in [-0.25, -0.2) is 9.67 Å². The molecule has 1 saturated heterocycles. The minimum atomic E-state index is 0.0235. The largest absolute Gasteiger partial charge is 0.337 e. The van der Waals surface area contributed by atoms with Crippen molar-refractivity contribution < 1.29 is 4.79 Å². The second-order valence-corrected chi connectivity index (χ2v) is 8.83. The summed E-state index contributed by atoms with van der Waals surface area (Å²) < 4.78 is 1.89. The number of amides is 1. The zero-order valence-electron chi connectivity index (χ0n) is 16.0. The summed E-state index contributed by atoms with van der Waals surface area (Å²) in [6.45, 7) is 7.57. The van der Waals surface area contributed by atoms with Gasteiger partial charge in [0, 0.05) is 30.1 Å². The predicted molar refractivity (Wildman–Crippen MR) is 109 cm³/mol. The molecule has 1 aliphatic rings. The molecule has 0 aliphatic carbocycles. The molecule has 3 aromatic heterocycles. The third-order valence-corrected chi connectivity index (χ3v) is 6.05. The summed E-state index contributed by atoms with van der Waals surface area (Å²) in [6.07, 6.45) is 3.69. The number of carbonyl (C=O) groups excluding carboxylic acids is 1. The van der Waals surface area contributed by atoms with Gasteiger partial charge in [-0.15, -0.1) is 11.3 Å². The van der Waals surface area contributed by atoms with E-state index < -0.39 is 0 Å². The Balaban J connectivity index is 1.86. The van der Waals surface area contributed by atoms with E-state index in [1.54, 1.807) is 17.5 Å². The maximum absolute atomic E-state index is 13.3. The van der Waals surface area contributed by atoms with Crippen LogP contribution in [0, 0.1) is 6.92 Å². The first kappa shape index (κ1) is 18.1. The number of rotatable bonds is 3. The number of nitrogens with two attached hydrogens (primary N) is 1. The minimum Gasteiger partial charge on any atom is -0.337 e. The van der Waals surface area contributed by atoms with E-state index in [0.29, 0.717) is 12.1 Å². The lowest BCUT2D eigenvalue weighted by Crippen LogP contribution is -2.45. The first-order chi connectivity index (χ1) is 12.9. The summed E-state index contributed by atoms with van der Waals surface area (Å²) in [7, 11) is 0. The minimum absolute atomic E-state index is 0.0235. The number of piperidine rings is 1. The van der Waals surface area contributed by atoms with E-state index in [1.165, 1.54) is 4.88 Å². The van der Waals surface area contributed by atoms with Gasteiger partial charge in [-0.3, -0.25) is 4.79 Å². The van der Waals surface area contributed by atoms with E-state index in [0.717, 1.165) is 41.0 Å². The van der Waals surface area contributed by atoms with E-state index in [2.05, 4.69) is 38.0 Å². The molecule has 142 valence electrons. The summed E-state index contributed by atoms with van der Waals surface area (Å²) >= 11 is 1.69. The zero-order chi connectivity index (χ0) is 19.1. The van der Waals surface area contributed by atoms with E-state index in [9.17, 15) is 4.79 Å². The van der Waals surface area contributed by atoms with Crippen molar-refractivity contribution in [1.29, 1.82) is 0 Å². The number of nitrogens with zero attached hydrogens (tertiary/aromatic N) is 4. The average Bonchev–Trinajstić information content (AvgIpc) is 3.26. The Morgan fingerprint density at radius 2 is 2.19 bits per heavy atom. The molecule has 1 fully saturated rings. The van der Waals surface area contributed by atoms with Crippen LogP contribution in [-0.4, -0.2) is 44.7 Å². The quantitative estimate of drug-likeness (QED) is 0.749. The first-order valence-corrected chi connectivity index (χ1v) is 10.3. The number of aromatic nitrogens is 3. The summed E-state index contributed by atoms with van der Waals surface area (Å²) in [6, 6.07) is 6.29. The molecule has 0 spiro atoms. The second kappa shape index (κ2) is 7.05. The molecule has 0 bridgehead atoms. The zero-order valence-corrected chi connectivity index (χ0v) is 16.8. The van der Waals surface area contributed by atoms with Crippen LogP contribution in [0.25, 0.3) is 21.6 Å². The maximum Gasteiger partial charge on any atom is 0.254 e. The van der Waals surface area contributed by atoms with Crippen molar-refractivity contribution in [2.75, 3.05) is 13.1 Å². The van der Waals surface area contributed by atoms with Gasteiger partial charge in [0.05, 0.1) is 27.7 Å². The molecular weight excluding hydrogens is 358 g/mol. The van der Waals surface area contributed by atoms with E-state index in [1.807, 2.05) is 15.6 Å². The fourth-order valence-electron chi connectivity index (χ4n) is 3.64. The molecule has 7 heteroatoms. The SMILES string of the molecule is Cc1ccc(-c2cc(C(=O)N3CCCC(N)C3)c3cnn(C(C)C)c3n2)s1. The number of pyridine rings is 1. The molecule has 4 rings (SSSR count). The van der Waals surface area contributed by atoms with Gasteiger partial charge in [0.15, 0.2) is 5.65 Å². The van der Waals surface area contributed by atoms with Crippen LogP contribution in [0.15, 0.2) is 24.4 Å². The second-order valence-electron chi connectivity index (χ2n) is 7.54. The number of hydrogen-bond donors (Lipinski definition) is 1. The molecule has 0 aromatic carbocycles. The van der Waals surface area contributed by atoms with Crippen LogP contribution in [0.4, 0.5) is 0 Å². The van der Waals surface area contributed by atoms with Gasteiger partial charge in [-0.05, 0) is 51.8 Å². The van der Waals surface area contributed by atoms with Crippen molar-refractivity contribution in [2.45, 2.75) is 45.7 Å². The van der Waals surface area contributed by atoms with Crippen molar-refractivity contribution in [3.05, 3.63) is 34.8 Å². The topological polar surface area (TPSA) is 77.0 Å². The molecule has 3 aromatic rings. The molecule has 1 amide bonds. The number of hydrogen-bond acceptors (Lipinski definition) is 5. The Bertz CT molecular complexity index is 990. The van der Waals surface area contributed by atoms with Gasteiger partial charge < -0.3 is 10.6 Å². The third kappa shape index (κ3) is 3.37. The summed E-state index contributed by atoms with van der Waals surface area (Å²) in [5, 5.41) is 5.31. The Hall–Kier alpha value is -2.25. The van der Waals surface area contributed by atoms with Crippen LogP contribution in [0.2, 0.25) is 0 Å². The summed E-state index contributed by atoms with van der Waals surface area (Å²) in [5.74, 6) is 0.0235. The molecule has 0 saturated carbocycles. The van der Waals surface area contributed by atoms with Crippen molar-refractivity contribution in [2.24, 2.45) is 5.73 Å². The number of aryl methyl sites for hydroxylation is 1. The van der Waals surface area contributed by atoms with Crippen molar-refractivity contribution in [3.8, 4) is 10.6 Å². The van der Waals surface area contributed by atoms with Crippen LogP contribution in [0.3, 0.4) is 0 Å². The molecule has 0 radical (unpaired) electrons. The Morgan fingerprint density at radius 3 is 2.85 bits per heavy atom. The van der Waals surface area contributed by atoms with Crippen LogP contribution in [0.1, 0.15) is 48.0 Å². The van der Waals surface area contributed by atoms with Gasteiger partial charge in [0.1, 0.15) is 0 Å². The number of fused-ring (bicyclic) bond motifs is 1. The number of thiophene rings is 1. The van der Waals surface area contributed by atoms with Crippen LogP contribution >= 0.6 is 11.3 Å². The Morgan fingerprint density at radius 1 is 1.37 bits per heavy atom. The van der Waals surface area contributed by atoms with Gasteiger partial charge >= 0.3 is 0 Å². The van der Waals surface area contributed by atoms with Gasteiger partial charge in [-0.1, -0.05) is 0 Å². The molecule has 6 nitrogen and oxygen atoms in total. The lowest BCUT2D eigenvalue weighted by atomic mass is 10.0. The lowest BCUT2D eigenvalue weighted by molar-refractivity contribution is 0.0711. The van der Waals surface area contributed by atoms with E-state index in [4.69, 9.17) is 10.7 Å². The molecule has 4 heterocycles. The molecule has 1 unspecified atom stereocenters. The van der Waals surface area contributed by atoms with Gasteiger partial charge in [-0.2, -0.15) is 5.10 Å². The average molecular weight is 384 g/mol. The summed E-state index contributed by atoms with van der Waals surface area (Å²) in [5.41, 5.74) is 8.36. The Kier molecular flexibility index (Phi) is 4.74. The highest BCUT2D eigenvalue weighted by molar-refractivity contribution is 7.15. The third-order valence-electron chi connectivity index (χ3n) is 5.02. The van der Waals surface area contributed by atoms with Crippen LogP contribution in [-0.2, 0) is 0 Å². The van der Waals surface area contributed by atoms with Crippen LogP contribution in [0.5, 0.6) is 0 Å². The molecule has 1 aliphatic heterocycles. The monoisotopic (exact) mass is 383 g/mol. The fourth-order valence-corrected chi connectivity index (χ4v) is 4.46. The number of likely N-dealkylation sites (tertiary alicyclic amines) is 1. The van der Waals surface area contributed by atoms with Crippen LogP contribution < -0.4 is 5.73 Å². The lowest BCUT2D eigenvalue weighted by Gasteiger charge is -2.31. The standard InChI is InChI=1S/C20H25N5OS/c1-12(2)25-19-16(10-22-25)15(20(26)24-8-4-5-14(21)11-24)9-17(23-19)18-7-6-13(3)27-18/h6-7,9-10,12,14H,4-5,8,11,21H2,1-3H3. The predicted octanol–water partition coefficient (Wildman–Crippen LogP) is 3.61. The smallest absolute Gasteiger partial charge is 0.254 e. The summed E-state index contributed by atoms with van der Waals surface area (Å²) in [4.78, 5) is 22.4. The van der Waals surface area contributed by atoms with Crippen molar-refractivity contribution in [1.82, 2.24) is 19.7 Å². The van der Waals surface area contributed by atoms with E-state index in [-0.39, 0.29) is 18.0 Å². The fraction of sp³-hybridized carbons (Fsp3) is 0.450. The molecule has 27 heavy (non-hydrogen) atoms. The van der Waals surface area contributed by atoms with Gasteiger partial charge in [0.2, 0.25) is 0 Å². The van der Waals surface area contributed by atoms with E-state index >= 15 is 0 Å². The highest BCUT2D eigenvalue weighted by Crippen LogP contribution is 2.31. The Labute approximate surface area is 163 Å². The number of carbonyl (C=O) groups is 1. The van der Waals surface area contributed by atoms with Crippen molar-refractivity contribution >= 4 is 28.3 Å². The molecule has 2 N–H and O–H groups in total. The first-order valence-electron chi connectivity index (χ1n) is 9.44. The highest BCUT2D eigenvalue weighted by atomic mass is 32.1. The van der Waals surface area contributed by atoms with Gasteiger partial charge in [0.25, 0.3) is 5.91 Å². The molecule has 1 atom stereocenters. The normalized spacial score (nSPS) is 17.8.